The van der Waals surface area contributed by atoms with E-state index in [0.29, 0.717) is 17.7 Å². The highest BCUT2D eigenvalue weighted by molar-refractivity contribution is 5.82. The second-order valence-electron chi connectivity index (χ2n) is 5.91. The van der Waals surface area contributed by atoms with Gasteiger partial charge in [0.05, 0.1) is 20.0 Å². The van der Waals surface area contributed by atoms with Gasteiger partial charge in [-0.15, -0.1) is 0 Å². The van der Waals surface area contributed by atoms with Gasteiger partial charge in [0, 0.05) is 5.56 Å². The molecule has 0 radical (unpaired) electrons. The molecule has 2 aromatic carbocycles. The van der Waals surface area contributed by atoms with E-state index < -0.39 is 0 Å². The Balaban J connectivity index is 1.64. The minimum absolute atomic E-state index is 0.142. The number of nitrogens with zero attached hydrogens (tertiary/aromatic N) is 4. The van der Waals surface area contributed by atoms with Crippen LogP contribution >= 0.6 is 0 Å². The molecule has 130 valence electrons. The lowest BCUT2D eigenvalue weighted by Crippen LogP contribution is -2.04. The van der Waals surface area contributed by atoms with Gasteiger partial charge in [-0.3, -0.25) is 0 Å². The highest BCUT2D eigenvalue weighted by atomic mass is 16.5. The van der Waals surface area contributed by atoms with Crippen LogP contribution in [0.15, 0.2) is 54.9 Å². The van der Waals surface area contributed by atoms with Crippen LogP contribution < -0.4 is 16.2 Å². The number of nitrogens with two attached hydrogens (primary N) is 2. The third-order valence-corrected chi connectivity index (χ3v) is 4.23. The summed E-state index contributed by atoms with van der Waals surface area (Å²) >= 11 is 0. The predicted octanol–water partition coefficient (Wildman–Crippen LogP) is 2.71. The van der Waals surface area contributed by atoms with Crippen molar-refractivity contribution in [2.75, 3.05) is 18.6 Å². The zero-order valence-corrected chi connectivity index (χ0v) is 14.3. The second kappa shape index (κ2) is 6.36. The number of para-hydroxylation sites is 1. The summed E-state index contributed by atoms with van der Waals surface area (Å²) in [5.41, 5.74) is 16.0. The molecular formula is C19H18N6O. The highest BCUT2D eigenvalue weighted by Crippen LogP contribution is 2.29. The summed E-state index contributed by atoms with van der Waals surface area (Å²) in [7, 11) is 1.68. The number of imidazole rings is 1. The van der Waals surface area contributed by atoms with Crippen molar-refractivity contribution in [2.24, 2.45) is 0 Å². The standard InChI is InChI=1S/C19H18N6O/c1-26-15-5-3-2-4-14(15)13-8-6-12(7-9-13)10-25-11-22-16-17(20)23-19(21)24-18(16)25/h2-9,11H,10H2,1H3,(H4,20,21,23,24). The van der Waals surface area contributed by atoms with Gasteiger partial charge in [-0.05, 0) is 17.2 Å². The van der Waals surface area contributed by atoms with Crippen molar-refractivity contribution in [1.29, 1.82) is 0 Å². The average molecular weight is 346 g/mol. The van der Waals surface area contributed by atoms with Crippen molar-refractivity contribution in [1.82, 2.24) is 19.5 Å². The molecule has 0 bridgehead atoms. The summed E-state index contributed by atoms with van der Waals surface area (Å²) in [6.07, 6.45) is 1.70. The Hall–Kier alpha value is -3.61. The quantitative estimate of drug-likeness (QED) is 0.589. The van der Waals surface area contributed by atoms with E-state index in [0.717, 1.165) is 22.4 Å². The third-order valence-electron chi connectivity index (χ3n) is 4.23. The van der Waals surface area contributed by atoms with E-state index in [4.69, 9.17) is 16.2 Å². The van der Waals surface area contributed by atoms with E-state index in [-0.39, 0.29) is 11.8 Å². The summed E-state index contributed by atoms with van der Waals surface area (Å²) in [6, 6.07) is 16.2. The van der Waals surface area contributed by atoms with Crippen LogP contribution in [-0.2, 0) is 6.54 Å². The Bertz CT molecular complexity index is 1070. The average Bonchev–Trinajstić information content (AvgIpc) is 3.05. The fraction of sp³-hybridized carbons (Fsp3) is 0.105. The predicted molar refractivity (Wildman–Crippen MR) is 102 cm³/mol. The van der Waals surface area contributed by atoms with Crippen LogP contribution in [0.2, 0.25) is 0 Å². The van der Waals surface area contributed by atoms with Crippen LogP contribution in [0, 0.1) is 0 Å². The van der Waals surface area contributed by atoms with Crippen molar-refractivity contribution < 1.29 is 4.74 Å². The number of methoxy groups -OCH3 is 1. The van der Waals surface area contributed by atoms with Crippen LogP contribution in [0.25, 0.3) is 22.3 Å². The number of hydrogen-bond donors (Lipinski definition) is 2. The van der Waals surface area contributed by atoms with Crippen molar-refractivity contribution >= 4 is 22.9 Å². The molecule has 0 saturated heterocycles. The van der Waals surface area contributed by atoms with E-state index >= 15 is 0 Å². The third kappa shape index (κ3) is 2.79. The normalized spacial score (nSPS) is 11.0. The second-order valence-corrected chi connectivity index (χ2v) is 5.91. The van der Waals surface area contributed by atoms with Gasteiger partial charge in [0.1, 0.15) is 11.3 Å². The number of ether oxygens (including phenoxy) is 1. The van der Waals surface area contributed by atoms with Gasteiger partial charge < -0.3 is 20.8 Å². The smallest absolute Gasteiger partial charge is 0.224 e. The molecule has 26 heavy (non-hydrogen) atoms. The molecule has 0 amide bonds. The van der Waals surface area contributed by atoms with Crippen molar-refractivity contribution in [3.8, 4) is 16.9 Å². The lowest BCUT2D eigenvalue weighted by Gasteiger charge is -2.10. The maximum atomic E-state index is 5.86. The minimum atomic E-state index is 0.142. The molecule has 0 fully saturated rings. The molecule has 0 aliphatic carbocycles. The van der Waals surface area contributed by atoms with Gasteiger partial charge in [-0.25, -0.2) is 4.98 Å². The lowest BCUT2D eigenvalue weighted by atomic mass is 10.0. The van der Waals surface area contributed by atoms with Gasteiger partial charge in [0.2, 0.25) is 5.95 Å². The first-order valence-electron chi connectivity index (χ1n) is 8.12. The van der Waals surface area contributed by atoms with Crippen LogP contribution in [0.3, 0.4) is 0 Å². The summed E-state index contributed by atoms with van der Waals surface area (Å²) in [5.74, 6) is 1.28. The van der Waals surface area contributed by atoms with Gasteiger partial charge in [-0.2, -0.15) is 9.97 Å². The molecule has 0 aliphatic heterocycles. The van der Waals surface area contributed by atoms with Gasteiger partial charge in [0.25, 0.3) is 0 Å². The maximum Gasteiger partial charge on any atom is 0.224 e. The zero-order valence-electron chi connectivity index (χ0n) is 14.3. The fourth-order valence-corrected chi connectivity index (χ4v) is 2.97. The molecule has 4 aromatic rings. The molecule has 2 aromatic heterocycles. The summed E-state index contributed by atoms with van der Waals surface area (Å²) < 4.78 is 7.34. The zero-order chi connectivity index (χ0) is 18.1. The Labute approximate surface area is 150 Å². The molecule has 7 nitrogen and oxygen atoms in total. The molecule has 4 N–H and O–H groups in total. The summed E-state index contributed by atoms with van der Waals surface area (Å²) in [6.45, 7) is 0.610. The van der Waals surface area contributed by atoms with E-state index in [2.05, 4.69) is 39.2 Å². The number of benzene rings is 2. The summed E-state index contributed by atoms with van der Waals surface area (Å²) in [5, 5.41) is 0. The molecule has 2 heterocycles. The molecule has 0 atom stereocenters. The molecule has 0 unspecified atom stereocenters. The van der Waals surface area contributed by atoms with Crippen LogP contribution in [0.1, 0.15) is 5.56 Å². The lowest BCUT2D eigenvalue weighted by molar-refractivity contribution is 0.416. The number of aromatic nitrogens is 4. The fourth-order valence-electron chi connectivity index (χ4n) is 2.97. The van der Waals surface area contributed by atoms with Crippen molar-refractivity contribution in [2.45, 2.75) is 6.54 Å². The molecule has 0 spiro atoms. The van der Waals surface area contributed by atoms with Gasteiger partial charge in [0.15, 0.2) is 11.5 Å². The van der Waals surface area contributed by atoms with Crippen molar-refractivity contribution in [3.05, 3.63) is 60.4 Å². The summed E-state index contributed by atoms with van der Waals surface area (Å²) in [4.78, 5) is 12.5. The van der Waals surface area contributed by atoms with Crippen LogP contribution in [0.4, 0.5) is 11.8 Å². The SMILES string of the molecule is COc1ccccc1-c1ccc(Cn2cnc3c(N)nc(N)nc32)cc1. The Morgan fingerprint density at radius 2 is 1.77 bits per heavy atom. The van der Waals surface area contributed by atoms with Gasteiger partial charge in [-0.1, -0.05) is 42.5 Å². The Kier molecular flexibility index (Phi) is 3.89. The largest absolute Gasteiger partial charge is 0.496 e. The minimum Gasteiger partial charge on any atom is -0.496 e. The molecule has 0 aliphatic rings. The van der Waals surface area contributed by atoms with E-state index in [1.807, 2.05) is 28.8 Å². The Morgan fingerprint density at radius 3 is 2.54 bits per heavy atom. The van der Waals surface area contributed by atoms with E-state index in [9.17, 15) is 0 Å². The van der Waals surface area contributed by atoms with E-state index in [1.165, 1.54) is 0 Å². The maximum absolute atomic E-state index is 5.86. The first kappa shape index (κ1) is 15.9. The topological polar surface area (TPSA) is 105 Å². The van der Waals surface area contributed by atoms with E-state index in [1.54, 1.807) is 13.4 Å². The van der Waals surface area contributed by atoms with Crippen molar-refractivity contribution in [3.63, 3.8) is 0 Å². The number of fused-ring (bicyclic) bond motifs is 1. The number of anilines is 2. The molecule has 0 saturated carbocycles. The first-order valence-corrected chi connectivity index (χ1v) is 8.12. The van der Waals surface area contributed by atoms with Crippen LogP contribution in [-0.4, -0.2) is 26.6 Å². The Morgan fingerprint density at radius 1 is 1.00 bits per heavy atom. The molecule has 7 heteroatoms. The van der Waals surface area contributed by atoms with Gasteiger partial charge >= 0.3 is 0 Å². The first-order chi connectivity index (χ1) is 12.7. The molecular weight excluding hydrogens is 328 g/mol. The monoisotopic (exact) mass is 346 g/mol. The number of rotatable bonds is 4. The highest BCUT2D eigenvalue weighted by Gasteiger charge is 2.11. The number of hydrogen-bond acceptors (Lipinski definition) is 6. The van der Waals surface area contributed by atoms with Crippen LogP contribution in [0.5, 0.6) is 5.75 Å². The number of nitrogen functional groups attached to an aromatic ring is 2. The molecule has 4 rings (SSSR count).